The van der Waals surface area contributed by atoms with E-state index in [1.165, 1.54) is 4.90 Å². The van der Waals surface area contributed by atoms with E-state index in [0.29, 0.717) is 32.1 Å². The van der Waals surface area contributed by atoms with Crippen LogP contribution in [0.1, 0.15) is 38.2 Å². The smallest absolute Gasteiger partial charge is 0.331 e. The molecule has 0 aliphatic carbocycles. The fourth-order valence-corrected chi connectivity index (χ4v) is 5.87. The number of ether oxygens (including phenoxy) is 1. The molecule has 2 heterocycles. The van der Waals surface area contributed by atoms with Gasteiger partial charge in [0.2, 0.25) is 5.91 Å². The molecule has 0 aromatic heterocycles. The molecule has 2 aliphatic rings. The maximum atomic E-state index is 13.2. The van der Waals surface area contributed by atoms with Gasteiger partial charge in [0, 0.05) is 6.42 Å². The Bertz CT molecular complexity index is 761. The van der Waals surface area contributed by atoms with Gasteiger partial charge in [-0.1, -0.05) is 30.3 Å². The van der Waals surface area contributed by atoms with Crippen LogP contribution in [-0.2, 0) is 36.7 Å². The molecular formula is C21H28N2O6S. The van der Waals surface area contributed by atoms with Crippen LogP contribution in [-0.4, -0.2) is 68.3 Å². The lowest BCUT2D eigenvalue weighted by Gasteiger charge is -2.28. The largest absolute Gasteiger partial charge is 0.615 e. The van der Waals surface area contributed by atoms with Crippen LogP contribution >= 0.6 is 0 Å². The van der Waals surface area contributed by atoms with Crippen LogP contribution in [0.2, 0.25) is 0 Å². The summed E-state index contributed by atoms with van der Waals surface area (Å²) in [5.41, 5.74) is 1.07. The zero-order chi connectivity index (χ0) is 21.7. The first kappa shape index (κ1) is 22.6. The number of aliphatic carboxylic acids is 1. The van der Waals surface area contributed by atoms with E-state index in [-0.39, 0.29) is 12.4 Å². The Kier molecular flexibility index (Phi) is 7.74. The summed E-state index contributed by atoms with van der Waals surface area (Å²) in [7, 11) is 0. The fraction of sp³-hybridized carbons (Fsp3) is 0.571. The van der Waals surface area contributed by atoms with Crippen molar-refractivity contribution in [1.82, 2.24) is 10.2 Å². The molecule has 2 aliphatic heterocycles. The Hall–Kier alpha value is -2.10. The second-order valence-corrected chi connectivity index (χ2v) is 9.22. The quantitative estimate of drug-likeness (QED) is 0.462. The number of carboxylic acid groups (broad SMARTS) is 1. The number of aryl methyl sites for hydroxylation is 1. The molecule has 0 saturated carbocycles. The predicted octanol–water partition coefficient (Wildman–Crippen LogP) is 1.06. The first-order valence-electron chi connectivity index (χ1n) is 10.3. The Balaban J connectivity index is 1.74. The number of esters is 1. The van der Waals surface area contributed by atoms with Crippen LogP contribution in [0.25, 0.3) is 0 Å². The van der Waals surface area contributed by atoms with Crippen molar-refractivity contribution in [2.24, 2.45) is 0 Å². The van der Waals surface area contributed by atoms with Crippen molar-refractivity contribution in [3.8, 4) is 0 Å². The first-order chi connectivity index (χ1) is 14.4. The Morgan fingerprint density at radius 3 is 2.73 bits per heavy atom. The third kappa shape index (κ3) is 5.14. The lowest BCUT2D eigenvalue weighted by molar-refractivity contribution is -0.151. The van der Waals surface area contributed by atoms with Gasteiger partial charge in [0.25, 0.3) is 0 Å². The highest BCUT2D eigenvalue weighted by Crippen LogP contribution is 2.32. The predicted molar refractivity (Wildman–Crippen MR) is 111 cm³/mol. The van der Waals surface area contributed by atoms with E-state index in [2.05, 4.69) is 5.32 Å². The van der Waals surface area contributed by atoms with E-state index in [1.54, 1.807) is 6.92 Å². The van der Waals surface area contributed by atoms with Gasteiger partial charge in [0.1, 0.15) is 11.8 Å². The maximum absolute atomic E-state index is 13.2. The number of nitrogens with one attached hydrogen (secondary N) is 1. The Morgan fingerprint density at radius 2 is 2.07 bits per heavy atom. The number of amides is 1. The summed E-state index contributed by atoms with van der Waals surface area (Å²) in [6.45, 7) is 1.96. The summed E-state index contributed by atoms with van der Waals surface area (Å²) in [6, 6.07) is 7.23. The van der Waals surface area contributed by atoms with Gasteiger partial charge >= 0.3 is 11.9 Å². The third-order valence-electron chi connectivity index (χ3n) is 5.59. The number of carbonyl (C=O) groups is 3. The minimum atomic E-state index is -1.38. The van der Waals surface area contributed by atoms with Gasteiger partial charge in [0.15, 0.2) is 11.4 Å². The van der Waals surface area contributed by atoms with E-state index in [4.69, 9.17) is 4.74 Å². The number of nitrogens with zero attached hydrogens (tertiary/aromatic N) is 1. The van der Waals surface area contributed by atoms with Crippen molar-refractivity contribution < 1.29 is 28.8 Å². The van der Waals surface area contributed by atoms with E-state index in [0.717, 1.165) is 5.56 Å². The summed E-state index contributed by atoms with van der Waals surface area (Å²) in [5, 5.41) is 12.0. The summed E-state index contributed by atoms with van der Waals surface area (Å²) in [4.78, 5) is 38.6. The molecule has 2 saturated heterocycles. The molecule has 164 valence electrons. The fourth-order valence-electron chi connectivity index (χ4n) is 4.10. The standard InChI is InChI=1S/C21H28N2O6S/c1-2-29-21(27)16(12-11-14-7-4-3-5-8-14)22-15-9-6-10-18-23(19(15)24)17(20(25)26)13-30(18)28/h3-5,7-8,15-18,22H,2,6,9-13H2,1H3,(H,25,26)/t15-,16?,17-,18+,30+/m0/s1. The van der Waals surface area contributed by atoms with Crippen molar-refractivity contribution in [2.75, 3.05) is 12.4 Å². The van der Waals surface area contributed by atoms with Gasteiger partial charge in [-0.3, -0.25) is 19.8 Å². The molecule has 0 bridgehead atoms. The average molecular weight is 437 g/mol. The van der Waals surface area contributed by atoms with Gasteiger partial charge < -0.3 is 14.4 Å². The molecule has 2 fully saturated rings. The number of benzene rings is 1. The number of carbonyl (C=O) groups excluding carboxylic acids is 2. The summed E-state index contributed by atoms with van der Waals surface area (Å²) < 4.78 is 17.6. The SMILES string of the molecule is CCOC(=O)C(CCc1ccccc1)N[C@H]1CCC[C@@H]2N(C1=O)[C@H](C(=O)O)C[S@@+]2[O-]. The van der Waals surface area contributed by atoms with Gasteiger partial charge in [0.05, 0.1) is 12.6 Å². The third-order valence-corrected chi connectivity index (χ3v) is 7.31. The Labute approximate surface area is 179 Å². The van der Waals surface area contributed by atoms with Crippen LogP contribution in [0.5, 0.6) is 0 Å². The van der Waals surface area contributed by atoms with Crippen molar-refractivity contribution in [2.45, 2.75) is 62.5 Å². The van der Waals surface area contributed by atoms with E-state index >= 15 is 0 Å². The van der Waals surface area contributed by atoms with Crippen LogP contribution in [0, 0.1) is 0 Å². The topological polar surface area (TPSA) is 119 Å². The second kappa shape index (κ2) is 10.3. The lowest BCUT2D eigenvalue weighted by Crippen LogP contribution is -2.55. The molecule has 9 heteroatoms. The molecule has 1 amide bonds. The molecule has 30 heavy (non-hydrogen) atoms. The molecular weight excluding hydrogens is 408 g/mol. The molecule has 1 aromatic rings. The maximum Gasteiger partial charge on any atom is 0.331 e. The van der Waals surface area contributed by atoms with E-state index in [1.807, 2.05) is 30.3 Å². The molecule has 5 atom stereocenters. The molecule has 2 N–H and O–H groups in total. The van der Waals surface area contributed by atoms with Gasteiger partial charge in [-0.05, 0) is 49.3 Å². The van der Waals surface area contributed by atoms with E-state index < -0.39 is 52.5 Å². The number of hydrogen-bond donors (Lipinski definition) is 2. The highest BCUT2D eigenvalue weighted by molar-refractivity contribution is 7.92. The minimum Gasteiger partial charge on any atom is -0.615 e. The monoisotopic (exact) mass is 436 g/mol. The molecule has 1 aromatic carbocycles. The van der Waals surface area contributed by atoms with Crippen molar-refractivity contribution in [1.29, 1.82) is 0 Å². The van der Waals surface area contributed by atoms with Crippen molar-refractivity contribution in [3.05, 3.63) is 35.9 Å². The lowest BCUT2D eigenvalue weighted by atomic mass is 10.0. The normalized spacial score (nSPS) is 27.3. The van der Waals surface area contributed by atoms with Gasteiger partial charge in [-0.2, -0.15) is 0 Å². The van der Waals surface area contributed by atoms with Crippen LogP contribution in [0.4, 0.5) is 0 Å². The number of carboxylic acids is 1. The van der Waals surface area contributed by atoms with Gasteiger partial charge in [-0.15, -0.1) is 0 Å². The van der Waals surface area contributed by atoms with Crippen LogP contribution in [0.3, 0.4) is 0 Å². The molecule has 0 spiro atoms. The van der Waals surface area contributed by atoms with Crippen LogP contribution in [0.15, 0.2) is 30.3 Å². The zero-order valence-corrected chi connectivity index (χ0v) is 17.8. The van der Waals surface area contributed by atoms with Gasteiger partial charge in [-0.25, -0.2) is 4.79 Å². The Morgan fingerprint density at radius 1 is 1.33 bits per heavy atom. The average Bonchev–Trinajstić information content (AvgIpc) is 2.97. The summed E-state index contributed by atoms with van der Waals surface area (Å²) >= 11 is -1.38. The number of rotatable bonds is 8. The molecule has 1 unspecified atom stereocenters. The molecule has 0 radical (unpaired) electrons. The number of hydrogen-bond acceptors (Lipinski definition) is 6. The highest BCUT2D eigenvalue weighted by atomic mass is 32.2. The van der Waals surface area contributed by atoms with Crippen molar-refractivity contribution in [3.63, 3.8) is 0 Å². The summed E-state index contributed by atoms with van der Waals surface area (Å²) in [6.07, 6.45) is 2.65. The van der Waals surface area contributed by atoms with Crippen molar-refractivity contribution >= 4 is 29.0 Å². The number of fused-ring (bicyclic) bond motifs is 1. The first-order valence-corrected chi connectivity index (χ1v) is 11.7. The molecule has 8 nitrogen and oxygen atoms in total. The van der Waals surface area contributed by atoms with E-state index in [9.17, 15) is 24.0 Å². The highest BCUT2D eigenvalue weighted by Gasteiger charge is 2.52. The zero-order valence-electron chi connectivity index (χ0n) is 17.0. The van der Waals surface area contributed by atoms with Crippen LogP contribution < -0.4 is 5.32 Å². The summed E-state index contributed by atoms with van der Waals surface area (Å²) in [5.74, 6) is -2.02. The second-order valence-electron chi connectivity index (χ2n) is 7.58. The molecule has 3 rings (SSSR count). The minimum absolute atomic E-state index is 0.0478.